The Morgan fingerprint density at radius 1 is 0.825 bits per heavy atom. The predicted molar refractivity (Wildman–Crippen MR) is 161 cm³/mol. The van der Waals surface area contributed by atoms with Gasteiger partial charge in [0.15, 0.2) is 5.60 Å². The van der Waals surface area contributed by atoms with E-state index < -0.39 is 5.60 Å². The van der Waals surface area contributed by atoms with Crippen LogP contribution in [-0.2, 0) is 11.0 Å². The summed E-state index contributed by atoms with van der Waals surface area (Å²) in [6.45, 7) is 6.62. The van der Waals surface area contributed by atoms with Crippen LogP contribution in [0.4, 0.5) is 0 Å². The van der Waals surface area contributed by atoms with Crippen molar-refractivity contribution in [2.45, 2.75) is 31.8 Å². The Morgan fingerprint density at radius 3 is 2.17 bits per heavy atom. The Kier molecular flexibility index (Phi) is 5.21. The Hall–Kier alpha value is -4.81. The van der Waals surface area contributed by atoms with Crippen molar-refractivity contribution in [2.24, 2.45) is 0 Å². The standard InChI is InChI=1S/C37H29NO2/c1-23-9-12-25(13-10-23)37(26-14-16-27(39-4)17-15-26)20-19-31-34-33(28-7-5-6-8-29(28)35(31)40-37)30-18-11-24(22-38)21-32(30)36(34,2)3/h5-21H,1-4H3. The lowest BCUT2D eigenvalue weighted by atomic mass is 9.76. The van der Waals surface area contributed by atoms with Gasteiger partial charge in [-0.2, -0.15) is 5.26 Å². The molecular formula is C37H29NO2. The minimum absolute atomic E-state index is 0.302. The lowest BCUT2D eigenvalue weighted by Gasteiger charge is -2.38. The summed E-state index contributed by atoms with van der Waals surface area (Å²) in [5.74, 6) is 1.69. The smallest absolute Gasteiger partial charge is 0.178 e. The molecule has 0 saturated carbocycles. The van der Waals surface area contributed by atoms with Crippen molar-refractivity contribution in [1.29, 1.82) is 5.26 Å². The molecule has 1 heterocycles. The van der Waals surface area contributed by atoms with Crippen molar-refractivity contribution in [3.8, 4) is 28.7 Å². The van der Waals surface area contributed by atoms with Gasteiger partial charge in [0.1, 0.15) is 11.5 Å². The van der Waals surface area contributed by atoms with Gasteiger partial charge in [0, 0.05) is 27.5 Å². The molecule has 1 aliphatic carbocycles. The van der Waals surface area contributed by atoms with Gasteiger partial charge in [-0.15, -0.1) is 0 Å². The van der Waals surface area contributed by atoms with Gasteiger partial charge in [0.25, 0.3) is 0 Å². The second kappa shape index (κ2) is 8.60. The van der Waals surface area contributed by atoms with Crippen LogP contribution in [-0.4, -0.2) is 7.11 Å². The summed E-state index contributed by atoms with van der Waals surface area (Å²) in [4.78, 5) is 0. The van der Waals surface area contributed by atoms with E-state index in [1.165, 1.54) is 27.8 Å². The Labute approximate surface area is 234 Å². The van der Waals surface area contributed by atoms with Crippen LogP contribution in [0.25, 0.3) is 28.0 Å². The first-order chi connectivity index (χ1) is 19.4. The van der Waals surface area contributed by atoms with Gasteiger partial charge in [-0.3, -0.25) is 0 Å². The molecule has 0 radical (unpaired) electrons. The molecule has 1 atom stereocenters. The van der Waals surface area contributed by atoms with E-state index in [2.05, 4.69) is 112 Å². The summed E-state index contributed by atoms with van der Waals surface area (Å²) in [6.07, 6.45) is 4.46. The van der Waals surface area contributed by atoms with Crippen molar-refractivity contribution in [1.82, 2.24) is 0 Å². The Morgan fingerprint density at radius 2 is 1.50 bits per heavy atom. The second-order valence-electron chi connectivity index (χ2n) is 11.3. The molecule has 5 aromatic carbocycles. The normalized spacial score (nSPS) is 17.9. The van der Waals surface area contributed by atoms with Gasteiger partial charge in [0.05, 0.1) is 18.7 Å². The van der Waals surface area contributed by atoms with Gasteiger partial charge in [-0.05, 0) is 64.9 Å². The number of nitriles is 1. The van der Waals surface area contributed by atoms with E-state index in [0.717, 1.165) is 39.0 Å². The van der Waals surface area contributed by atoms with Crippen molar-refractivity contribution in [3.63, 3.8) is 0 Å². The molecule has 194 valence electrons. The highest BCUT2D eigenvalue weighted by atomic mass is 16.5. The van der Waals surface area contributed by atoms with E-state index in [4.69, 9.17) is 9.47 Å². The highest BCUT2D eigenvalue weighted by Crippen LogP contribution is 2.58. The summed E-state index contributed by atoms with van der Waals surface area (Å²) in [7, 11) is 1.68. The van der Waals surface area contributed by atoms with E-state index >= 15 is 0 Å². The van der Waals surface area contributed by atoms with Crippen molar-refractivity contribution < 1.29 is 9.47 Å². The topological polar surface area (TPSA) is 42.2 Å². The number of hydrogen-bond donors (Lipinski definition) is 0. The summed E-state index contributed by atoms with van der Waals surface area (Å²) in [6, 6.07) is 33.7. The fourth-order valence-corrected chi connectivity index (χ4v) is 6.62. The molecule has 0 fully saturated rings. The molecule has 7 rings (SSSR count). The maximum absolute atomic E-state index is 9.66. The fraction of sp³-hybridized carbons (Fsp3) is 0.162. The number of nitrogens with zero attached hydrogens (tertiary/aromatic N) is 1. The van der Waals surface area contributed by atoms with E-state index in [0.29, 0.717) is 5.56 Å². The van der Waals surface area contributed by atoms with Gasteiger partial charge in [-0.1, -0.05) is 92.2 Å². The van der Waals surface area contributed by atoms with Gasteiger partial charge >= 0.3 is 0 Å². The zero-order valence-corrected chi connectivity index (χ0v) is 23.1. The third-order valence-corrected chi connectivity index (χ3v) is 8.67. The first-order valence-corrected chi connectivity index (χ1v) is 13.6. The molecule has 0 bridgehead atoms. The number of rotatable bonds is 3. The highest BCUT2D eigenvalue weighted by Gasteiger charge is 2.44. The predicted octanol–water partition coefficient (Wildman–Crippen LogP) is 8.68. The van der Waals surface area contributed by atoms with Crippen molar-refractivity contribution >= 4 is 16.8 Å². The van der Waals surface area contributed by atoms with Crippen LogP contribution >= 0.6 is 0 Å². The second-order valence-corrected chi connectivity index (χ2v) is 11.3. The summed E-state index contributed by atoms with van der Waals surface area (Å²) in [5.41, 5.74) is 8.82. The Balaban J connectivity index is 1.53. The largest absolute Gasteiger partial charge is 0.497 e. The average molecular weight is 520 g/mol. The molecule has 5 aromatic rings. The summed E-state index contributed by atoms with van der Waals surface area (Å²) < 4.78 is 12.8. The number of hydrogen-bond acceptors (Lipinski definition) is 3. The van der Waals surface area contributed by atoms with Crippen LogP contribution in [0, 0.1) is 18.3 Å². The number of aryl methyl sites for hydroxylation is 1. The molecule has 0 N–H and O–H groups in total. The molecule has 0 aromatic heterocycles. The van der Waals surface area contributed by atoms with Crippen molar-refractivity contribution in [2.75, 3.05) is 7.11 Å². The van der Waals surface area contributed by atoms with Crippen LogP contribution < -0.4 is 9.47 Å². The molecule has 0 saturated heterocycles. The summed E-state index contributed by atoms with van der Waals surface area (Å²) in [5, 5.41) is 11.9. The van der Waals surface area contributed by atoms with E-state index in [1.54, 1.807) is 7.11 Å². The quantitative estimate of drug-likeness (QED) is 0.239. The lowest BCUT2D eigenvalue weighted by Crippen LogP contribution is -2.35. The van der Waals surface area contributed by atoms with Gasteiger partial charge in [-0.25, -0.2) is 0 Å². The molecule has 0 amide bonds. The number of fused-ring (bicyclic) bond motifs is 8. The SMILES string of the molecule is COc1ccc(C2(c3ccc(C)cc3)C=Cc3c4c(c5ccccc5c3O2)-c2ccc(C#N)cc2C4(C)C)cc1. The van der Waals surface area contributed by atoms with E-state index in [9.17, 15) is 5.26 Å². The monoisotopic (exact) mass is 519 g/mol. The molecule has 1 aliphatic heterocycles. The minimum atomic E-state index is -0.812. The molecule has 3 nitrogen and oxygen atoms in total. The van der Waals surface area contributed by atoms with E-state index in [-0.39, 0.29) is 5.41 Å². The fourth-order valence-electron chi connectivity index (χ4n) is 6.62. The zero-order valence-electron chi connectivity index (χ0n) is 23.1. The van der Waals surface area contributed by atoms with E-state index in [1.807, 2.05) is 18.2 Å². The molecular weight excluding hydrogens is 490 g/mol. The van der Waals surface area contributed by atoms with Crippen LogP contribution in [0.15, 0.2) is 97.1 Å². The van der Waals surface area contributed by atoms with Gasteiger partial charge in [0.2, 0.25) is 0 Å². The maximum atomic E-state index is 9.66. The maximum Gasteiger partial charge on any atom is 0.178 e. The molecule has 3 heteroatoms. The number of ether oxygens (including phenoxy) is 2. The first kappa shape index (κ1) is 24.2. The highest BCUT2D eigenvalue weighted by molar-refractivity contribution is 6.08. The Bertz CT molecular complexity index is 1890. The average Bonchev–Trinajstić information content (AvgIpc) is 3.23. The summed E-state index contributed by atoms with van der Waals surface area (Å²) >= 11 is 0. The molecule has 40 heavy (non-hydrogen) atoms. The van der Waals surface area contributed by atoms with Crippen LogP contribution in [0.5, 0.6) is 11.5 Å². The van der Waals surface area contributed by atoms with Crippen LogP contribution in [0.2, 0.25) is 0 Å². The molecule has 1 unspecified atom stereocenters. The first-order valence-electron chi connectivity index (χ1n) is 13.6. The molecule has 0 spiro atoms. The minimum Gasteiger partial charge on any atom is -0.497 e. The van der Waals surface area contributed by atoms with Gasteiger partial charge < -0.3 is 9.47 Å². The zero-order chi connectivity index (χ0) is 27.6. The number of methoxy groups -OCH3 is 1. The van der Waals surface area contributed by atoms with Crippen LogP contribution in [0.3, 0.4) is 0 Å². The third kappa shape index (κ3) is 3.29. The lowest BCUT2D eigenvalue weighted by molar-refractivity contribution is 0.163. The van der Waals surface area contributed by atoms with Crippen LogP contribution in [0.1, 0.15) is 52.8 Å². The molecule has 2 aliphatic rings. The van der Waals surface area contributed by atoms with Crippen molar-refractivity contribution in [3.05, 3.63) is 136 Å². The third-order valence-electron chi connectivity index (χ3n) is 8.67. The number of benzene rings is 5.